The van der Waals surface area contributed by atoms with E-state index >= 15 is 0 Å². The summed E-state index contributed by atoms with van der Waals surface area (Å²) in [7, 11) is 0. The van der Waals surface area contributed by atoms with Gasteiger partial charge in [0.15, 0.2) is 18.2 Å². The molecule has 0 N–H and O–H groups in total. The molecule has 20 heavy (non-hydrogen) atoms. The average Bonchev–Trinajstić information content (AvgIpc) is 2.73. The molecule has 2 aliphatic heterocycles. The predicted octanol–water partition coefficient (Wildman–Crippen LogP) is 1.83. The molecule has 3 atom stereocenters. The highest BCUT2D eigenvalue weighted by Crippen LogP contribution is 2.30. The number of halogens is 1. The van der Waals surface area contributed by atoms with Gasteiger partial charge in [-0.25, -0.2) is 4.39 Å². The molecule has 0 aliphatic carbocycles. The molecule has 1 aromatic carbocycles. The topological polar surface area (TPSA) is 57.1 Å². The number of carbonyl (C=O) groups excluding carboxylic acids is 1. The summed E-state index contributed by atoms with van der Waals surface area (Å²) in [6.07, 6.45) is -1.15. The molecule has 0 unspecified atom stereocenters. The van der Waals surface area contributed by atoms with Crippen molar-refractivity contribution in [2.45, 2.75) is 19.3 Å². The first-order chi connectivity index (χ1) is 9.66. The fourth-order valence-electron chi connectivity index (χ4n) is 2.37. The lowest BCUT2D eigenvalue weighted by molar-refractivity contribution is -0.141. The van der Waals surface area contributed by atoms with Crippen molar-refractivity contribution in [3.8, 4) is 0 Å². The molecule has 6 heteroatoms. The zero-order valence-corrected chi connectivity index (χ0v) is 10.9. The number of Topliss-reactive ketones (excluding diaryl/α,β-unsaturated/α-hetero) is 1. The Kier molecular flexibility index (Phi) is 3.50. The molecular formula is C14H14FNO4. The van der Waals surface area contributed by atoms with E-state index in [9.17, 15) is 9.18 Å². The van der Waals surface area contributed by atoms with E-state index in [1.54, 1.807) is 18.2 Å². The van der Waals surface area contributed by atoms with E-state index < -0.39 is 6.29 Å². The van der Waals surface area contributed by atoms with Crippen LogP contribution in [0.2, 0.25) is 0 Å². The van der Waals surface area contributed by atoms with E-state index in [4.69, 9.17) is 14.3 Å². The normalized spacial score (nSPS) is 29.1. The van der Waals surface area contributed by atoms with Gasteiger partial charge in [-0.05, 0) is 6.07 Å². The summed E-state index contributed by atoms with van der Waals surface area (Å²) in [5.74, 6) is -0.791. The molecule has 0 bridgehead atoms. The van der Waals surface area contributed by atoms with Gasteiger partial charge in [-0.2, -0.15) is 0 Å². The van der Waals surface area contributed by atoms with Gasteiger partial charge in [0.25, 0.3) is 0 Å². The summed E-state index contributed by atoms with van der Waals surface area (Å²) in [6, 6.07) is 6.29. The van der Waals surface area contributed by atoms with Gasteiger partial charge in [0, 0.05) is 12.5 Å². The SMILES string of the molecule is CC(=O)C1=NO[C@@H]2CO[C@H](c3ccccc3F)OC[C@H]12. The maximum absolute atomic E-state index is 13.7. The molecule has 0 spiro atoms. The first-order valence-electron chi connectivity index (χ1n) is 6.39. The molecule has 3 rings (SSSR count). The average molecular weight is 279 g/mol. The third-order valence-electron chi connectivity index (χ3n) is 3.45. The second-order valence-electron chi connectivity index (χ2n) is 4.80. The van der Waals surface area contributed by atoms with Crippen molar-refractivity contribution in [2.24, 2.45) is 11.1 Å². The van der Waals surface area contributed by atoms with Crippen molar-refractivity contribution in [1.82, 2.24) is 0 Å². The van der Waals surface area contributed by atoms with E-state index in [1.165, 1.54) is 13.0 Å². The van der Waals surface area contributed by atoms with Crippen LogP contribution in [0.25, 0.3) is 0 Å². The Morgan fingerprint density at radius 1 is 1.30 bits per heavy atom. The van der Waals surface area contributed by atoms with Gasteiger partial charge in [-0.3, -0.25) is 4.79 Å². The fourth-order valence-corrected chi connectivity index (χ4v) is 2.37. The number of hydrogen-bond acceptors (Lipinski definition) is 5. The van der Waals surface area contributed by atoms with Gasteiger partial charge >= 0.3 is 0 Å². The maximum atomic E-state index is 13.7. The van der Waals surface area contributed by atoms with Crippen molar-refractivity contribution in [1.29, 1.82) is 0 Å². The molecule has 1 fully saturated rings. The van der Waals surface area contributed by atoms with Gasteiger partial charge in [0.05, 0.1) is 19.1 Å². The fraction of sp³-hybridized carbons (Fsp3) is 0.429. The summed E-state index contributed by atoms with van der Waals surface area (Å²) >= 11 is 0. The van der Waals surface area contributed by atoms with Crippen molar-refractivity contribution in [3.05, 3.63) is 35.6 Å². The molecule has 0 saturated carbocycles. The van der Waals surface area contributed by atoms with E-state index in [0.717, 1.165) is 0 Å². The zero-order chi connectivity index (χ0) is 14.1. The van der Waals surface area contributed by atoms with Crippen LogP contribution in [0.15, 0.2) is 29.4 Å². The summed E-state index contributed by atoms with van der Waals surface area (Å²) in [6.45, 7) is 1.84. The van der Waals surface area contributed by atoms with Gasteiger partial charge in [0.1, 0.15) is 11.5 Å². The number of benzene rings is 1. The zero-order valence-electron chi connectivity index (χ0n) is 10.9. The second kappa shape index (κ2) is 5.30. The van der Waals surface area contributed by atoms with Crippen molar-refractivity contribution in [2.75, 3.05) is 13.2 Å². The highest BCUT2D eigenvalue weighted by Gasteiger charge is 2.40. The molecule has 1 aromatic rings. The minimum absolute atomic E-state index is 0.148. The maximum Gasteiger partial charge on any atom is 0.186 e. The summed E-state index contributed by atoms with van der Waals surface area (Å²) in [5, 5.41) is 3.77. The quantitative estimate of drug-likeness (QED) is 0.828. The van der Waals surface area contributed by atoms with Crippen LogP contribution in [0.4, 0.5) is 4.39 Å². The van der Waals surface area contributed by atoms with Crippen LogP contribution < -0.4 is 0 Å². The Bertz CT molecular complexity index is 560. The lowest BCUT2D eigenvalue weighted by Gasteiger charge is -2.16. The van der Waals surface area contributed by atoms with Crippen molar-refractivity contribution in [3.63, 3.8) is 0 Å². The van der Waals surface area contributed by atoms with Crippen LogP contribution in [0, 0.1) is 11.7 Å². The van der Waals surface area contributed by atoms with Crippen LogP contribution in [0.5, 0.6) is 0 Å². The van der Waals surface area contributed by atoms with E-state index in [-0.39, 0.29) is 36.8 Å². The lowest BCUT2D eigenvalue weighted by atomic mass is 9.96. The molecular weight excluding hydrogens is 265 g/mol. The monoisotopic (exact) mass is 279 g/mol. The van der Waals surface area contributed by atoms with E-state index in [1.807, 2.05) is 0 Å². The molecule has 106 valence electrons. The largest absolute Gasteiger partial charge is 0.389 e. The third-order valence-corrected chi connectivity index (χ3v) is 3.45. The van der Waals surface area contributed by atoms with Gasteiger partial charge in [-0.1, -0.05) is 23.4 Å². The number of ether oxygens (including phenoxy) is 2. The molecule has 0 amide bonds. The minimum atomic E-state index is -0.793. The summed E-state index contributed by atoms with van der Waals surface area (Å²) < 4.78 is 24.9. The number of rotatable bonds is 2. The van der Waals surface area contributed by atoms with Crippen LogP contribution in [0.1, 0.15) is 18.8 Å². The summed E-state index contributed by atoms with van der Waals surface area (Å²) in [4.78, 5) is 16.6. The molecule has 2 heterocycles. The number of ketones is 1. The minimum Gasteiger partial charge on any atom is -0.389 e. The first-order valence-corrected chi connectivity index (χ1v) is 6.39. The standard InChI is InChI=1S/C14H14FNO4/c1-8(17)13-10-6-18-14(19-7-12(10)20-16-13)9-4-2-3-5-11(9)15/h2-5,10,12,14H,6-7H2,1H3/t10-,12+,14+/m0/s1. The molecule has 0 radical (unpaired) electrons. The Morgan fingerprint density at radius 3 is 2.80 bits per heavy atom. The van der Waals surface area contributed by atoms with Crippen LogP contribution in [-0.2, 0) is 19.1 Å². The van der Waals surface area contributed by atoms with Gasteiger partial charge in [0.2, 0.25) is 0 Å². The van der Waals surface area contributed by atoms with Crippen LogP contribution >= 0.6 is 0 Å². The highest BCUT2D eigenvalue weighted by molar-refractivity contribution is 6.40. The Labute approximate surface area is 115 Å². The van der Waals surface area contributed by atoms with Crippen LogP contribution in [-0.4, -0.2) is 30.8 Å². The van der Waals surface area contributed by atoms with E-state index in [2.05, 4.69) is 5.16 Å². The molecule has 5 nitrogen and oxygen atoms in total. The smallest absolute Gasteiger partial charge is 0.186 e. The summed E-state index contributed by atoms with van der Waals surface area (Å²) in [5.41, 5.74) is 0.696. The number of fused-ring (bicyclic) bond motifs is 1. The lowest BCUT2D eigenvalue weighted by Crippen LogP contribution is -2.31. The number of nitrogens with zero attached hydrogens (tertiary/aromatic N) is 1. The van der Waals surface area contributed by atoms with Gasteiger partial charge in [-0.15, -0.1) is 0 Å². The van der Waals surface area contributed by atoms with Crippen molar-refractivity contribution >= 4 is 11.5 Å². The van der Waals surface area contributed by atoms with Gasteiger partial charge < -0.3 is 14.3 Å². The Hall–Kier alpha value is -1.79. The molecule has 1 saturated heterocycles. The number of carbonyl (C=O) groups is 1. The number of hydrogen-bond donors (Lipinski definition) is 0. The first kappa shape index (κ1) is 13.2. The predicted molar refractivity (Wildman–Crippen MR) is 67.5 cm³/mol. The van der Waals surface area contributed by atoms with Crippen molar-refractivity contribution < 1.29 is 23.5 Å². The Morgan fingerprint density at radius 2 is 2.05 bits per heavy atom. The van der Waals surface area contributed by atoms with E-state index in [0.29, 0.717) is 11.3 Å². The third kappa shape index (κ3) is 2.32. The molecule has 2 aliphatic rings. The second-order valence-corrected chi connectivity index (χ2v) is 4.80. The Balaban J connectivity index is 1.77. The number of oxime groups is 1. The van der Waals surface area contributed by atoms with Crippen LogP contribution in [0.3, 0.4) is 0 Å². The highest BCUT2D eigenvalue weighted by atomic mass is 19.1. The molecule has 0 aromatic heterocycles.